The monoisotopic (exact) mass is 189 g/mol. The molecule has 0 amide bonds. The first-order chi connectivity index (χ1) is 6.74. The van der Waals surface area contributed by atoms with E-state index in [-0.39, 0.29) is 0 Å². The minimum atomic E-state index is 0.566. The van der Waals surface area contributed by atoms with Gasteiger partial charge < -0.3 is 0 Å². The Labute approximate surface area is 83.7 Å². The highest BCUT2D eigenvalue weighted by atomic mass is 15.4. The molecule has 1 atom stereocenters. The normalized spacial score (nSPS) is 13.4. The van der Waals surface area contributed by atoms with Crippen LogP contribution in [-0.4, -0.2) is 15.0 Å². The Balaban J connectivity index is 2.69. The van der Waals surface area contributed by atoms with Crippen LogP contribution in [0.5, 0.6) is 0 Å². The van der Waals surface area contributed by atoms with Gasteiger partial charge in [0.1, 0.15) is 5.52 Å². The molecule has 0 aliphatic carbocycles. The summed E-state index contributed by atoms with van der Waals surface area (Å²) in [5, 5.41) is 8.15. The molecule has 1 aromatic heterocycles. The van der Waals surface area contributed by atoms with Gasteiger partial charge in [-0.05, 0) is 24.0 Å². The highest BCUT2D eigenvalue weighted by molar-refractivity contribution is 5.78. The minimum absolute atomic E-state index is 0.566. The summed E-state index contributed by atoms with van der Waals surface area (Å²) in [6.07, 6.45) is 1.14. The molecule has 74 valence electrons. The highest BCUT2D eigenvalue weighted by Gasteiger charge is 2.11. The van der Waals surface area contributed by atoms with Gasteiger partial charge in [0.2, 0.25) is 0 Å². The smallest absolute Gasteiger partial charge is 0.113 e. The van der Waals surface area contributed by atoms with Crippen LogP contribution in [0.2, 0.25) is 0 Å². The van der Waals surface area contributed by atoms with Crippen molar-refractivity contribution in [1.29, 1.82) is 0 Å². The maximum absolute atomic E-state index is 4.11. The van der Waals surface area contributed by atoms with E-state index < -0.39 is 0 Å². The van der Waals surface area contributed by atoms with E-state index in [1.807, 2.05) is 17.8 Å². The first-order valence-corrected chi connectivity index (χ1v) is 5.02. The number of para-hydroxylation sites is 1. The van der Waals surface area contributed by atoms with E-state index >= 15 is 0 Å². The Morgan fingerprint density at radius 3 is 2.93 bits per heavy atom. The van der Waals surface area contributed by atoms with Crippen LogP contribution in [-0.2, 0) is 7.05 Å². The van der Waals surface area contributed by atoms with Gasteiger partial charge in [0.25, 0.3) is 0 Å². The first-order valence-electron chi connectivity index (χ1n) is 5.02. The number of hydrogen-bond donors (Lipinski definition) is 0. The number of aromatic nitrogens is 3. The molecule has 1 unspecified atom stereocenters. The fraction of sp³-hybridized carbons (Fsp3) is 0.455. The summed E-state index contributed by atoms with van der Waals surface area (Å²) >= 11 is 0. The van der Waals surface area contributed by atoms with Crippen LogP contribution in [0.3, 0.4) is 0 Å². The summed E-state index contributed by atoms with van der Waals surface area (Å²) in [6.45, 7) is 4.44. The molecular weight excluding hydrogens is 174 g/mol. The van der Waals surface area contributed by atoms with E-state index in [9.17, 15) is 0 Å². The van der Waals surface area contributed by atoms with Gasteiger partial charge in [-0.2, -0.15) is 0 Å². The highest BCUT2D eigenvalue weighted by Crippen LogP contribution is 2.25. The fourth-order valence-electron chi connectivity index (χ4n) is 1.76. The molecule has 14 heavy (non-hydrogen) atoms. The average Bonchev–Trinajstić information content (AvgIpc) is 2.59. The van der Waals surface area contributed by atoms with Crippen molar-refractivity contribution in [3.8, 4) is 0 Å². The van der Waals surface area contributed by atoms with Gasteiger partial charge >= 0.3 is 0 Å². The van der Waals surface area contributed by atoms with Gasteiger partial charge in [0.15, 0.2) is 0 Å². The molecule has 3 nitrogen and oxygen atoms in total. The maximum Gasteiger partial charge on any atom is 0.113 e. The zero-order valence-electron chi connectivity index (χ0n) is 8.86. The predicted octanol–water partition coefficient (Wildman–Crippen LogP) is 2.48. The third-order valence-electron chi connectivity index (χ3n) is 2.80. The van der Waals surface area contributed by atoms with Crippen LogP contribution >= 0.6 is 0 Å². The standard InChI is InChI=1S/C11H15N3/c1-4-8(2)9-6-5-7-10-11(9)14(3)13-12-10/h5-8H,4H2,1-3H3. The predicted molar refractivity (Wildman–Crippen MR) is 57.2 cm³/mol. The second kappa shape index (κ2) is 3.40. The van der Waals surface area contributed by atoms with Gasteiger partial charge in [-0.3, -0.25) is 0 Å². The molecule has 2 rings (SSSR count). The van der Waals surface area contributed by atoms with Gasteiger partial charge in [0.05, 0.1) is 5.52 Å². The largest absolute Gasteiger partial charge is 0.247 e. The lowest BCUT2D eigenvalue weighted by Crippen LogP contribution is -1.97. The molecular formula is C11H15N3. The Bertz CT molecular complexity index is 445. The van der Waals surface area contributed by atoms with Crippen molar-refractivity contribution in [2.45, 2.75) is 26.2 Å². The van der Waals surface area contributed by atoms with Crippen molar-refractivity contribution in [2.24, 2.45) is 7.05 Å². The number of aryl methyl sites for hydroxylation is 1. The molecule has 2 aromatic rings. The zero-order chi connectivity index (χ0) is 10.1. The molecule has 0 aliphatic heterocycles. The van der Waals surface area contributed by atoms with Crippen LogP contribution in [0.4, 0.5) is 0 Å². The Hall–Kier alpha value is -1.38. The zero-order valence-corrected chi connectivity index (χ0v) is 8.86. The molecule has 0 fully saturated rings. The quantitative estimate of drug-likeness (QED) is 0.726. The van der Waals surface area contributed by atoms with Crippen LogP contribution in [0.1, 0.15) is 31.7 Å². The summed E-state index contributed by atoms with van der Waals surface area (Å²) < 4.78 is 1.86. The summed E-state index contributed by atoms with van der Waals surface area (Å²) in [4.78, 5) is 0. The average molecular weight is 189 g/mol. The summed E-state index contributed by atoms with van der Waals surface area (Å²) in [5.41, 5.74) is 3.50. The first kappa shape index (κ1) is 9.19. The lowest BCUT2D eigenvalue weighted by Gasteiger charge is -2.10. The van der Waals surface area contributed by atoms with Crippen molar-refractivity contribution < 1.29 is 0 Å². The molecule has 0 saturated carbocycles. The molecule has 3 heteroatoms. The third-order valence-corrected chi connectivity index (χ3v) is 2.80. The van der Waals surface area contributed by atoms with Crippen molar-refractivity contribution in [3.05, 3.63) is 23.8 Å². The number of benzene rings is 1. The summed E-state index contributed by atoms with van der Waals surface area (Å²) in [6, 6.07) is 6.23. The molecule has 0 bridgehead atoms. The SMILES string of the molecule is CCC(C)c1cccc2nnn(C)c12. The van der Waals surface area contributed by atoms with Crippen LogP contribution in [0.25, 0.3) is 11.0 Å². The van der Waals surface area contributed by atoms with E-state index in [1.165, 1.54) is 11.1 Å². The van der Waals surface area contributed by atoms with Gasteiger partial charge in [-0.15, -0.1) is 5.10 Å². The molecule has 0 N–H and O–H groups in total. The number of rotatable bonds is 2. The number of fused-ring (bicyclic) bond motifs is 1. The molecule has 0 spiro atoms. The molecule has 0 radical (unpaired) electrons. The van der Waals surface area contributed by atoms with Gasteiger partial charge in [-0.25, -0.2) is 4.68 Å². The Morgan fingerprint density at radius 2 is 2.21 bits per heavy atom. The van der Waals surface area contributed by atoms with Gasteiger partial charge in [0, 0.05) is 7.05 Å². The fourth-order valence-corrected chi connectivity index (χ4v) is 1.76. The van der Waals surface area contributed by atoms with Crippen LogP contribution in [0.15, 0.2) is 18.2 Å². The van der Waals surface area contributed by atoms with E-state index in [0.717, 1.165) is 11.9 Å². The van der Waals surface area contributed by atoms with Crippen molar-refractivity contribution >= 4 is 11.0 Å². The van der Waals surface area contributed by atoms with Gasteiger partial charge in [-0.1, -0.05) is 31.2 Å². The van der Waals surface area contributed by atoms with Crippen molar-refractivity contribution in [3.63, 3.8) is 0 Å². The van der Waals surface area contributed by atoms with E-state index in [2.05, 4.69) is 36.3 Å². The lowest BCUT2D eigenvalue weighted by atomic mass is 9.97. The number of hydrogen-bond acceptors (Lipinski definition) is 2. The van der Waals surface area contributed by atoms with E-state index in [1.54, 1.807) is 0 Å². The van der Waals surface area contributed by atoms with E-state index in [4.69, 9.17) is 0 Å². The molecule has 1 aromatic carbocycles. The van der Waals surface area contributed by atoms with E-state index in [0.29, 0.717) is 5.92 Å². The molecule has 1 heterocycles. The second-order valence-electron chi connectivity index (χ2n) is 3.74. The van der Waals surface area contributed by atoms with Crippen LogP contribution < -0.4 is 0 Å². The molecule has 0 saturated heterocycles. The van der Waals surface area contributed by atoms with Crippen molar-refractivity contribution in [1.82, 2.24) is 15.0 Å². The minimum Gasteiger partial charge on any atom is -0.247 e. The lowest BCUT2D eigenvalue weighted by molar-refractivity contribution is 0.708. The summed E-state index contributed by atoms with van der Waals surface area (Å²) in [5.74, 6) is 0.566. The summed E-state index contributed by atoms with van der Waals surface area (Å²) in [7, 11) is 1.95. The number of nitrogens with zero attached hydrogens (tertiary/aromatic N) is 3. The Morgan fingerprint density at radius 1 is 1.43 bits per heavy atom. The topological polar surface area (TPSA) is 30.7 Å². The second-order valence-corrected chi connectivity index (χ2v) is 3.74. The van der Waals surface area contributed by atoms with Crippen molar-refractivity contribution in [2.75, 3.05) is 0 Å². The third kappa shape index (κ3) is 1.29. The maximum atomic E-state index is 4.11. The van der Waals surface area contributed by atoms with Crippen LogP contribution in [0, 0.1) is 0 Å². The molecule has 0 aliphatic rings. The Kier molecular flexibility index (Phi) is 2.23.